The van der Waals surface area contributed by atoms with Gasteiger partial charge in [0.05, 0.1) is 18.3 Å². The zero-order valence-electron chi connectivity index (χ0n) is 14.2. The Hall–Kier alpha value is -2.51. The number of urea groups is 1. The van der Waals surface area contributed by atoms with Gasteiger partial charge in [-0.25, -0.2) is 14.8 Å². The van der Waals surface area contributed by atoms with E-state index in [0.29, 0.717) is 30.6 Å². The molecule has 128 valence electrons. The SMILES string of the molecule is Cc1nccc(CNC(=O)N2CCCC2c2noc(C(C)C)n2)n1. The molecule has 1 aliphatic rings. The number of amides is 2. The molecule has 1 aliphatic heterocycles. The number of nitrogens with one attached hydrogen (secondary N) is 1. The first-order chi connectivity index (χ1) is 11.5. The van der Waals surface area contributed by atoms with Crippen LogP contribution >= 0.6 is 0 Å². The molecule has 1 N–H and O–H groups in total. The maximum absolute atomic E-state index is 12.5. The summed E-state index contributed by atoms with van der Waals surface area (Å²) in [4.78, 5) is 27.1. The molecule has 0 spiro atoms. The lowest BCUT2D eigenvalue weighted by atomic mass is 10.2. The molecule has 0 aliphatic carbocycles. The van der Waals surface area contributed by atoms with E-state index in [4.69, 9.17) is 4.52 Å². The van der Waals surface area contributed by atoms with Crippen molar-refractivity contribution in [2.24, 2.45) is 0 Å². The molecule has 3 rings (SSSR count). The number of aromatic nitrogens is 4. The van der Waals surface area contributed by atoms with E-state index in [2.05, 4.69) is 25.4 Å². The maximum atomic E-state index is 12.5. The van der Waals surface area contributed by atoms with Crippen LogP contribution in [0.3, 0.4) is 0 Å². The lowest BCUT2D eigenvalue weighted by Gasteiger charge is -2.22. The summed E-state index contributed by atoms with van der Waals surface area (Å²) < 4.78 is 5.27. The number of hydrogen-bond donors (Lipinski definition) is 1. The molecule has 1 saturated heterocycles. The number of carbonyl (C=O) groups excluding carboxylic acids is 1. The molecule has 2 aromatic rings. The number of nitrogens with zero attached hydrogens (tertiary/aromatic N) is 5. The Labute approximate surface area is 140 Å². The highest BCUT2D eigenvalue weighted by Gasteiger charge is 2.33. The van der Waals surface area contributed by atoms with Gasteiger partial charge in [0.1, 0.15) is 5.82 Å². The van der Waals surface area contributed by atoms with Crippen LogP contribution in [0, 0.1) is 6.92 Å². The van der Waals surface area contributed by atoms with Gasteiger partial charge >= 0.3 is 6.03 Å². The van der Waals surface area contributed by atoms with Crippen molar-refractivity contribution < 1.29 is 9.32 Å². The normalized spacial score (nSPS) is 17.5. The van der Waals surface area contributed by atoms with Crippen LogP contribution in [-0.2, 0) is 6.54 Å². The topological polar surface area (TPSA) is 97.0 Å². The molecule has 3 heterocycles. The third kappa shape index (κ3) is 3.52. The first-order valence-corrected chi connectivity index (χ1v) is 8.21. The lowest BCUT2D eigenvalue weighted by molar-refractivity contribution is 0.189. The van der Waals surface area contributed by atoms with Gasteiger partial charge in [-0.3, -0.25) is 0 Å². The third-order valence-electron chi connectivity index (χ3n) is 4.02. The second-order valence-corrected chi connectivity index (χ2v) is 6.25. The van der Waals surface area contributed by atoms with E-state index in [1.54, 1.807) is 17.2 Å². The average molecular weight is 330 g/mol. The number of likely N-dealkylation sites (tertiary alicyclic amines) is 1. The first kappa shape index (κ1) is 16.4. The highest BCUT2D eigenvalue weighted by atomic mass is 16.5. The first-order valence-electron chi connectivity index (χ1n) is 8.21. The lowest BCUT2D eigenvalue weighted by Crippen LogP contribution is -2.39. The van der Waals surface area contributed by atoms with Crippen LogP contribution in [0.5, 0.6) is 0 Å². The minimum absolute atomic E-state index is 0.131. The summed E-state index contributed by atoms with van der Waals surface area (Å²) in [7, 11) is 0. The van der Waals surface area contributed by atoms with Gasteiger partial charge in [0.15, 0.2) is 5.82 Å². The molecule has 0 radical (unpaired) electrons. The van der Waals surface area contributed by atoms with Crippen LogP contribution in [-0.4, -0.2) is 37.6 Å². The predicted molar refractivity (Wildman–Crippen MR) is 86.1 cm³/mol. The van der Waals surface area contributed by atoms with Crippen molar-refractivity contribution in [3.05, 3.63) is 35.5 Å². The smallest absolute Gasteiger partial charge is 0.318 e. The zero-order valence-corrected chi connectivity index (χ0v) is 14.2. The molecule has 1 fully saturated rings. The molecule has 1 atom stereocenters. The fourth-order valence-corrected chi connectivity index (χ4v) is 2.77. The fraction of sp³-hybridized carbons (Fsp3) is 0.562. The molecule has 1 unspecified atom stereocenters. The fourth-order valence-electron chi connectivity index (χ4n) is 2.77. The van der Waals surface area contributed by atoms with Crippen molar-refractivity contribution in [1.82, 2.24) is 30.3 Å². The number of carbonyl (C=O) groups is 1. The van der Waals surface area contributed by atoms with Gasteiger partial charge in [0.2, 0.25) is 5.89 Å². The summed E-state index contributed by atoms with van der Waals surface area (Å²) in [5.41, 5.74) is 0.785. The van der Waals surface area contributed by atoms with Crippen molar-refractivity contribution in [3.8, 4) is 0 Å². The van der Waals surface area contributed by atoms with Crippen LogP contribution in [0.2, 0.25) is 0 Å². The van der Waals surface area contributed by atoms with Crippen molar-refractivity contribution in [2.45, 2.75) is 52.1 Å². The van der Waals surface area contributed by atoms with Gasteiger partial charge in [0, 0.05) is 18.7 Å². The summed E-state index contributed by atoms with van der Waals surface area (Å²) in [5.74, 6) is 2.06. The summed E-state index contributed by atoms with van der Waals surface area (Å²) in [5, 5.41) is 6.96. The highest BCUT2D eigenvalue weighted by molar-refractivity contribution is 5.74. The van der Waals surface area contributed by atoms with E-state index < -0.39 is 0 Å². The molecular weight excluding hydrogens is 308 g/mol. The second-order valence-electron chi connectivity index (χ2n) is 6.25. The molecule has 0 aromatic carbocycles. The minimum atomic E-state index is -0.135. The van der Waals surface area contributed by atoms with Gasteiger partial charge in [-0.15, -0.1) is 0 Å². The molecule has 8 heteroatoms. The molecule has 24 heavy (non-hydrogen) atoms. The monoisotopic (exact) mass is 330 g/mol. The van der Waals surface area contributed by atoms with Gasteiger partial charge in [-0.1, -0.05) is 19.0 Å². The van der Waals surface area contributed by atoms with Crippen molar-refractivity contribution in [3.63, 3.8) is 0 Å². The molecule has 0 bridgehead atoms. The molecule has 0 saturated carbocycles. The van der Waals surface area contributed by atoms with Crippen LogP contribution in [0.4, 0.5) is 4.79 Å². The largest absolute Gasteiger partial charge is 0.339 e. The van der Waals surface area contributed by atoms with Crippen LogP contribution in [0.15, 0.2) is 16.8 Å². The Morgan fingerprint density at radius 1 is 1.46 bits per heavy atom. The Bertz CT molecular complexity index is 714. The summed E-state index contributed by atoms with van der Waals surface area (Å²) in [6, 6.07) is 1.53. The predicted octanol–water partition coefficient (Wildman–Crippen LogP) is 2.34. The van der Waals surface area contributed by atoms with E-state index in [9.17, 15) is 4.79 Å². The molecule has 2 amide bonds. The maximum Gasteiger partial charge on any atom is 0.318 e. The highest BCUT2D eigenvalue weighted by Crippen LogP contribution is 2.30. The number of aryl methyl sites for hydroxylation is 1. The van der Waals surface area contributed by atoms with E-state index in [0.717, 1.165) is 18.5 Å². The van der Waals surface area contributed by atoms with E-state index >= 15 is 0 Å². The zero-order chi connectivity index (χ0) is 17.1. The third-order valence-corrected chi connectivity index (χ3v) is 4.02. The minimum Gasteiger partial charge on any atom is -0.339 e. The van der Waals surface area contributed by atoms with Crippen molar-refractivity contribution in [2.75, 3.05) is 6.54 Å². The Morgan fingerprint density at radius 2 is 2.29 bits per heavy atom. The van der Waals surface area contributed by atoms with Gasteiger partial charge < -0.3 is 14.7 Å². The summed E-state index contributed by atoms with van der Waals surface area (Å²) >= 11 is 0. The quantitative estimate of drug-likeness (QED) is 0.924. The average Bonchev–Trinajstić information content (AvgIpc) is 3.21. The Balaban J connectivity index is 1.64. The standard InChI is InChI=1S/C16H22N6O2/c1-10(2)15-20-14(21-24-15)13-5-4-8-22(13)16(23)18-9-12-6-7-17-11(3)19-12/h6-7,10,13H,4-5,8-9H2,1-3H3,(H,18,23). The second kappa shape index (κ2) is 6.94. The molecule has 8 nitrogen and oxygen atoms in total. The molecular formula is C16H22N6O2. The van der Waals surface area contributed by atoms with E-state index in [1.807, 2.05) is 20.8 Å². The van der Waals surface area contributed by atoms with Crippen LogP contribution < -0.4 is 5.32 Å². The Kier molecular flexibility index (Phi) is 4.73. The van der Waals surface area contributed by atoms with Gasteiger partial charge in [-0.05, 0) is 25.8 Å². The molecule has 2 aromatic heterocycles. The van der Waals surface area contributed by atoms with Gasteiger partial charge in [0.25, 0.3) is 0 Å². The van der Waals surface area contributed by atoms with Crippen LogP contribution in [0.1, 0.15) is 61.9 Å². The Morgan fingerprint density at radius 3 is 3.00 bits per heavy atom. The van der Waals surface area contributed by atoms with Crippen molar-refractivity contribution >= 4 is 6.03 Å². The summed E-state index contributed by atoms with van der Waals surface area (Å²) in [6.45, 7) is 6.88. The number of rotatable bonds is 4. The van der Waals surface area contributed by atoms with Gasteiger partial charge in [-0.2, -0.15) is 4.98 Å². The number of hydrogen-bond acceptors (Lipinski definition) is 6. The van der Waals surface area contributed by atoms with Crippen LogP contribution in [0.25, 0.3) is 0 Å². The van der Waals surface area contributed by atoms with E-state index in [-0.39, 0.29) is 18.0 Å². The van der Waals surface area contributed by atoms with Crippen molar-refractivity contribution in [1.29, 1.82) is 0 Å². The summed E-state index contributed by atoms with van der Waals surface area (Å²) in [6.07, 6.45) is 3.46. The van der Waals surface area contributed by atoms with E-state index in [1.165, 1.54) is 0 Å².